The largest absolute Gasteiger partial charge is 0.261 e. The van der Waals surface area contributed by atoms with Gasteiger partial charge < -0.3 is 0 Å². The average molecular weight is 289 g/mol. The highest BCUT2D eigenvalue weighted by Crippen LogP contribution is 2.42. The van der Waals surface area contributed by atoms with Crippen LogP contribution in [0.5, 0.6) is 0 Å². The van der Waals surface area contributed by atoms with Gasteiger partial charge >= 0.3 is 0 Å². The first kappa shape index (κ1) is 14.0. The molecule has 1 aromatic carbocycles. The molecule has 0 amide bonds. The molecular formula is C17H15N5. The van der Waals surface area contributed by atoms with E-state index in [-0.39, 0.29) is 11.8 Å². The molecule has 22 heavy (non-hydrogen) atoms. The van der Waals surface area contributed by atoms with Crippen LogP contribution in [0.2, 0.25) is 0 Å². The maximum atomic E-state index is 9.70. The molecule has 1 aliphatic rings. The van der Waals surface area contributed by atoms with E-state index in [4.69, 9.17) is 0 Å². The lowest BCUT2D eigenvalue weighted by atomic mass is 9.76. The van der Waals surface area contributed by atoms with Crippen molar-refractivity contribution in [3.8, 4) is 12.1 Å². The molecule has 3 rings (SSSR count). The first-order chi connectivity index (χ1) is 10.8. The van der Waals surface area contributed by atoms with Crippen LogP contribution in [0.25, 0.3) is 0 Å². The summed E-state index contributed by atoms with van der Waals surface area (Å²) in [7, 11) is 0. The Balaban J connectivity index is 2.20. The fraction of sp³-hybridized carbons (Fsp3) is 0.294. The van der Waals surface area contributed by atoms with E-state index in [1.165, 1.54) is 0 Å². The standard InChI is InChI=1S/C17H15N5/c1-2-5-15-13(9-19)16(14-10-20-22-17(14)21-15)12-7-4-3-6-11(12)8-18/h3-4,6-7,10,13,16H,2,5H2,1H3,(H,20,22). The average Bonchev–Trinajstić information content (AvgIpc) is 3.01. The molecule has 0 bridgehead atoms. The van der Waals surface area contributed by atoms with Gasteiger partial charge in [0.15, 0.2) is 5.82 Å². The molecule has 108 valence electrons. The van der Waals surface area contributed by atoms with Gasteiger partial charge in [-0.05, 0) is 18.1 Å². The van der Waals surface area contributed by atoms with Crippen molar-refractivity contribution in [2.24, 2.45) is 10.9 Å². The second-order valence-corrected chi connectivity index (χ2v) is 5.31. The van der Waals surface area contributed by atoms with Crippen LogP contribution in [-0.4, -0.2) is 15.9 Å². The number of fused-ring (bicyclic) bond motifs is 1. The van der Waals surface area contributed by atoms with Crippen molar-refractivity contribution in [3.05, 3.63) is 47.2 Å². The third-order valence-corrected chi connectivity index (χ3v) is 3.99. The van der Waals surface area contributed by atoms with Crippen molar-refractivity contribution in [3.63, 3.8) is 0 Å². The normalized spacial score (nSPS) is 19.7. The molecule has 2 atom stereocenters. The molecule has 0 aliphatic carbocycles. The summed E-state index contributed by atoms with van der Waals surface area (Å²) in [6.07, 6.45) is 3.40. The highest BCUT2D eigenvalue weighted by Gasteiger charge is 2.36. The minimum atomic E-state index is -0.362. The zero-order chi connectivity index (χ0) is 15.5. The van der Waals surface area contributed by atoms with Crippen molar-refractivity contribution in [2.45, 2.75) is 25.7 Å². The van der Waals surface area contributed by atoms with E-state index in [2.05, 4.69) is 34.3 Å². The Morgan fingerprint density at radius 1 is 1.23 bits per heavy atom. The van der Waals surface area contributed by atoms with Crippen molar-refractivity contribution in [1.29, 1.82) is 10.5 Å². The molecule has 2 aromatic rings. The summed E-state index contributed by atoms with van der Waals surface area (Å²) in [4.78, 5) is 4.57. The number of rotatable bonds is 3. The molecule has 0 saturated heterocycles. The molecule has 1 aromatic heterocycles. The van der Waals surface area contributed by atoms with E-state index in [1.807, 2.05) is 18.2 Å². The SMILES string of the molecule is CCCC1=Nc2[nH]ncc2C(c2ccccc2C#N)C1C#N. The monoisotopic (exact) mass is 289 g/mol. The molecule has 1 N–H and O–H groups in total. The summed E-state index contributed by atoms with van der Waals surface area (Å²) in [6, 6.07) is 12.1. The minimum Gasteiger partial charge on any atom is -0.261 e. The van der Waals surface area contributed by atoms with Crippen LogP contribution in [0.4, 0.5) is 5.82 Å². The van der Waals surface area contributed by atoms with Crippen molar-refractivity contribution >= 4 is 11.5 Å². The highest BCUT2D eigenvalue weighted by molar-refractivity contribution is 5.94. The van der Waals surface area contributed by atoms with Gasteiger partial charge in [-0.25, -0.2) is 4.99 Å². The first-order valence-corrected chi connectivity index (χ1v) is 7.29. The zero-order valence-electron chi connectivity index (χ0n) is 12.2. The Morgan fingerprint density at radius 3 is 2.77 bits per heavy atom. The molecule has 5 nitrogen and oxygen atoms in total. The van der Waals surface area contributed by atoms with Crippen LogP contribution >= 0.6 is 0 Å². The van der Waals surface area contributed by atoms with Crippen LogP contribution in [0, 0.1) is 28.6 Å². The lowest BCUT2D eigenvalue weighted by Crippen LogP contribution is -2.25. The van der Waals surface area contributed by atoms with Crippen LogP contribution in [0.1, 0.15) is 42.4 Å². The highest BCUT2D eigenvalue weighted by atomic mass is 15.2. The fourth-order valence-electron chi connectivity index (χ4n) is 3.02. The molecule has 0 radical (unpaired) electrons. The van der Waals surface area contributed by atoms with Crippen molar-refractivity contribution in [1.82, 2.24) is 10.2 Å². The molecule has 2 heterocycles. The quantitative estimate of drug-likeness (QED) is 0.938. The molecule has 1 aliphatic heterocycles. The smallest absolute Gasteiger partial charge is 0.151 e. The van der Waals surface area contributed by atoms with Crippen molar-refractivity contribution in [2.75, 3.05) is 0 Å². The summed E-state index contributed by atoms with van der Waals surface area (Å²) in [5, 5.41) is 26.1. The van der Waals surface area contributed by atoms with Crippen LogP contribution in [-0.2, 0) is 0 Å². The molecule has 0 spiro atoms. The molecule has 2 unspecified atom stereocenters. The number of H-pyrrole nitrogens is 1. The van der Waals surface area contributed by atoms with Gasteiger partial charge in [-0.2, -0.15) is 15.6 Å². The second kappa shape index (κ2) is 5.83. The Hall–Kier alpha value is -2.92. The van der Waals surface area contributed by atoms with Gasteiger partial charge in [-0.1, -0.05) is 31.5 Å². The number of benzene rings is 1. The Morgan fingerprint density at radius 2 is 2.05 bits per heavy atom. The van der Waals surface area contributed by atoms with Crippen molar-refractivity contribution < 1.29 is 0 Å². The van der Waals surface area contributed by atoms with Crippen LogP contribution in [0.15, 0.2) is 35.5 Å². The van der Waals surface area contributed by atoms with Crippen LogP contribution in [0.3, 0.4) is 0 Å². The Kier molecular flexibility index (Phi) is 3.72. The summed E-state index contributed by atoms with van der Waals surface area (Å²) in [6.45, 7) is 2.07. The molecular weight excluding hydrogens is 274 g/mol. The van der Waals surface area contributed by atoms with E-state index >= 15 is 0 Å². The number of nitrogens with zero attached hydrogens (tertiary/aromatic N) is 4. The van der Waals surface area contributed by atoms with Gasteiger partial charge in [0.05, 0.1) is 29.8 Å². The van der Waals surface area contributed by atoms with Gasteiger partial charge in [-0.15, -0.1) is 0 Å². The molecule has 0 fully saturated rings. The van der Waals surface area contributed by atoms with E-state index in [1.54, 1.807) is 12.3 Å². The number of aliphatic imine (C=N–C) groups is 1. The van der Waals surface area contributed by atoms with Gasteiger partial charge in [0, 0.05) is 17.2 Å². The predicted molar refractivity (Wildman–Crippen MR) is 82.7 cm³/mol. The van der Waals surface area contributed by atoms with Gasteiger partial charge in [0.2, 0.25) is 0 Å². The fourth-order valence-corrected chi connectivity index (χ4v) is 3.02. The number of aromatic amines is 1. The Labute approximate surface area is 128 Å². The maximum absolute atomic E-state index is 9.70. The van der Waals surface area contributed by atoms with Gasteiger partial charge in [0.25, 0.3) is 0 Å². The summed E-state index contributed by atoms with van der Waals surface area (Å²) < 4.78 is 0. The van der Waals surface area contributed by atoms with Gasteiger partial charge in [-0.3, -0.25) is 5.10 Å². The lowest BCUT2D eigenvalue weighted by molar-refractivity contribution is 0.698. The lowest BCUT2D eigenvalue weighted by Gasteiger charge is -2.27. The van der Waals surface area contributed by atoms with E-state index in [0.717, 1.165) is 29.7 Å². The van der Waals surface area contributed by atoms with Crippen LogP contribution < -0.4 is 0 Å². The van der Waals surface area contributed by atoms with E-state index in [9.17, 15) is 10.5 Å². The third kappa shape index (κ3) is 2.17. The first-order valence-electron chi connectivity index (χ1n) is 7.29. The zero-order valence-corrected chi connectivity index (χ0v) is 12.2. The maximum Gasteiger partial charge on any atom is 0.151 e. The molecule has 0 saturated carbocycles. The second-order valence-electron chi connectivity index (χ2n) is 5.31. The third-order valence-electron chi connectivity index (χ3n) is 3.99. The van der Waals surface area contributed by atoms with E-state index in [0.29, 0.717) is 11.4 Å². The van der Waals surface area contributed by atoms with E-state index < -0.39 is 0 Å². The Bertz CT molecular complexity index is 803. The summed E-state index contributed by atoms with van der Waals surface area (Å²) in [5.74, 6) is 0.140. The number of nitrogens with one attached hydrogen (secondary N) is 1. The number of aromatic nitrogens is 2. The number of hydrogen-bond donors (Lipinski definition) is 1. The summed E-state index contributed by atoms with van der Waals surface area (Å²) in [5.41, 5.74) is 3.20. The number of nitriles is 2. The summed E-state index contributed by atoms with van der Waals surface area (Å²) >= 11 is 0. The predicted octanol–water partition coefficient (Wildman–Crippen LogP) is 3.44. The number of hydrogen-bond acceptors (Lipinski definition) is 4. The minimum absolute atomic E-state index is 0.200. The molecule has 5 heteroatoms. The van der Waals surface area contributed by atoms with Gasteiger partial charge in [0.1, 0.15) is 0 Å². The topological polar surface area (TPSA) is 88.6 Å².